The molecule has 0 radical (unpaired) electrons. The van der Waals surface area contributed by atoms with Gasteiger partial charge in [-0.15, -0.1) is 0 Å². The second-order valence-electron chi connectivity index (χ2n) is 6.29. The Bertz CT molecular complexity index is 676. The van der Waals surface area contributed by atoms with Crippen LogP contribution in [-0.2, 0) is 11.2 Å². The Labute approximate surface area is 142 Å². The van der Waals surface area contributed by atoms with Gasteiger partial charge in [-0.2, -0.15) is 0 Å². The zero-order valence-corrected chi connectivity index (χ0v) is 14.0. The summed E-state index contributed by atoms with van der Waals surface area (Å²) in [6.07, 6.45) is 11.6. The fourth-order valence-electron chi connectivity index (χ4n) is 3.21. The zero-order chi connectivity index (χ0) is 16.8. The normalized spacial score (nSPS) is 17.5. The minimum Gasteiger partial charge on any atom is -0.355 e. The summed E-state index contributed by atoms with van der Waals surface area (Å²) in [6.45, 7) is 3.58. The van der Waals surface area contributed by atoms with E-state index in [1.54, 1.807) is 18.6 Å². The number of pyridine rings is 1. The van der Waals surface area contributed by atoms with E-state index < -0.39 is 0 Å². The average molecular weight is 325 g/mol. The molecule has 0 aromatic carbocycles. The van der Waals surface area contributed by atoms with Crippen LogP contribution in [0.4, 0.5) is 11.6 Å². The Kier molecular flexibility index (Phi) is 5.36. The molecule has 1 fully saturated rings. The van der Waals surface area contributed by atoms with Crippen molar-refractivity contribution in [2.45, 2.75) is 32.6 Å². The molecule has 0 bridgehead atoms. The molecular weight excluding hydrogens is 302 g/mol. The molecule has 3 heterocycles. The van der Waals surface area contributed by atoms with Crippen molar-refractivity contribution in [1.82, 2.24) is 15.0 Å². The predicted octanol–water partition coefficient (Wildman–Crippen LogP) is 2.68. The van der Waals surface area contributed by atoms with Crippen molar-refractivity contribution in [2.75, 3.05) is 23.3 Å². The van der Waals surface area contributed by atoms with Crippen molar-refractivity contribution >= 4 is 17.5 Å². The fraction of sp³-hybridized carbons (Fsp3) is 0.444. The minimum absolute atomic E-state index is 0.0912. The number of hydrogen-bond donors (Lipinski definition) is 1. The van der Waals surface area contributed by atoms with Gasteiger partial charge in [0.1, 0.15) is 11.6 Å². The molecule has 6 heteroatoms. The molecule has 1 aliphatic rings. The van der Waals surface area contributed by atoms with E-state index >= 15 is 0 Å². The maximum absolute atomic E-state index is 11.1. The summed E-state index contributed by atoms with van der Waals surface area (Å²) in [7, 11) is 0. The van der Waals surface area contributed by atoms with Crippen LogP contribution in [0.15, 0.2) is 36.9 Å². The number of nitrogens with one attached hydrogen (secondary N) is 1. The van der Waals surface area contributed by atoms with Crippen LogP contribution >= 0.6 is 0 Å². The van der Waals surface area contributed by atoms with Gasteiger partial charge in [0, 0.05) is 38.6 Å². The van der Waals surface area contributed by atoms with Gasteiger partial charge in [0.15, 0.2) is 0 Å². The summed E-state index contributed by atoms with van der Waals surface area (Å²) in [5.74, 6) is 2.16. The number of amides is 1. The molecule has 0 spiro atoms. The Morgan fingerprint density at radius 2 is 2.25 bits per heavy atom. The van der Waals surface area contributed by atoms with E-state index in [9.17, 15) is 4.79 Å². The quantitative estimate of drug-likeness (QED) is 0.915. The molecule has 1 aliphatic heterocycles. The molecule has 1 N–H and O–H groups in total. The first-order valence-corrected chi connectivity index (χ1v) is 8.44. The van der Waals surface area contributed by atoms with Gasteiger partial charge < -0.3 is 10.2 Å². The number of carbonyl (C=O) groups excluding carboxylic acids is 1. The second-order valence-corrected chi connectivity index (χ2v) is 6.29. The van der Waals surface area contributed by atoms with E-state index in [2.05, 4.69) is 25.2 Å². The molecule has 24 heavy (non-hydrogen) atoms. The number of anilines is 2. The van der Waals surface area contributed by atoms with Crippen molar-refractivity contribution in [3.63, 3.8) is 0 Å². The van der Waals surface area contributed by atoms with Crippen LogP contribution < -0.4 is 10.2 Å². The molecule has 0 aliphatic carbocycles. The predicted molar refractivity (Wildman–Crippen MR) is 93.8 cm³/mol. The van der Waals surface area contributed by atoms with Crippen molar-refractivity contribution < 1.29 is 4.79 Å². The summed E-state index contributed by atoms with van der Waals surface area (Å²) in [5, 5.41) is 2.74. The molecule has 2 aromatic heterocycles. The Balaban J connectivity index is 1.55. The Hall–Kier alpha value is -2.50. The Morgan fingerprint density at radius 1 is 1.33 bits per heavy atom. The number of nitrogens with zero attached hydrogens (tertiary/aromatic N) is 4. The van der Waals surface area contributed by atoms with E-state index in [1.165, 1.54) is 25.3 Å². The summed E-state index contributed by atoms with van der Waals surface area (Å²) in [5.41, 5.74) is 1.21. The third-order valence-corrected chi connectivity index (χ3v) is 4.36. The number of aromatic nitrogens is 3. The van der Waals surface area contributed by atoms with Crippen LogP contribution in [0.5, 0.6) is 0 Å². The molecule has 0 saturated carbocycles. The van der Waals surface area contributed by atoms with E-state index in [1.807, 2.05) is 18.3 Å². The van der Waals surface area contributed by atoms with E-state index in [4.69, 9.17) is 0 Å². The maximum Gasteiger partial charge on any atom is 0.222 e. The lowest BCUT2D eigenvalue weighted by Gasteiger charge is -2.33. The smallest absolute Gasteiger partial charge is 0.222 e. The van der Waals surface area contributed by atoms with E-state index in [-0.39, 0.29) is 5.91 Å². The highest BCUT2D eigenvalue weighted by atomic mass is 16.1. The third-order valence-electron chi connectivity index (χ3n) is 4.36. The number of hydrogen-bond acceptors (Lipinski definition) is 5. The van der Waals surface area contributed by atoms with Crippen molar-refractivity contribution in [3.8, 4) is 0 Å². The number of aryl methyl sites for hydroxylation is 1. The summed E-state index contributed by atoms with van der Waals surface area (Å²) < 4.78 is 0. The van der Waals surface area contributed by atoms with E-state index in [0.29, 0.717) is 11.7 Å². The van der Waals surface area contributed by atoms with Crippen molar-refractivity contribution in [1.29, 1.82) is 0 Å². The second kappa shape index (κ2) is 7.86. The first-order chi connectivity index (χ1) is 11.7. The SMILES string of the molecule is CC(=O)Nc1cc(CC[C@@H]2CCCN(c3cnccn3)C2)ccn1. The monoisotopic (exact) mass is 325 g/mol. The minimum atomic E-state index is -0.0912. The summed E-state index contributed by atoms with van der Waals surface area (Å²) >= 11 is 0. The third kappa shape index (κ3) is 4.50. The van der Waals surface area contributed by atoms with E-state index in [0.717, 1.165) is 31.7 Å². The van der Waals surface area contributed by atoms with Gasteiger partial charge in [-0.3, -0.25) is 9.78 Å². The molecule has 6 nitrogen and oxygen atoms in total. The van der Waals surface area contributed by atoms with Gasteiger partial charge in [0.05, 0.1) is 6.20 Å². The maximum atomic E-state index is 11.1. The molecule has 1 saturated heterocycles. The zero-order valence-electron chi connectivity index (χ0n) is 14.0. The molecule has 1 amide bonds. The summed E-state index contributed by atoms with van der Waals surface area (Å²) in [4.78, 5) is 26.2. The van der Waals surface area contributed by atoms with Crippen LogP contribution in [0, 0.1) is 5.92 Å². The van der Waals surface area contributed by atoms with Crippen LogP contribution in [0.25, 0.3) is 0 Å². The van der Waals surface area contributed by atoms with Crippen LogP contribution in [0.1, 0.15) is 31.7 Å². The number of carbonyl (C=O) groups is 1. The molecule has 1 atom stereocenters. The van der Waals surface area contributed by atoms with Gasteiger partial charge in [-0.05, 0) is 49.3 Å². The topological polar surface area (TPSA) is 71.0 Å². The Morgan fingerprint density at radius 3 is 3.04 bits per heavy atom. The fourth-order valence-corrected chi connectivity index (χ4v) is 3.21. The van der Waals surface area contributed by atoms with Gasteiger partial charge >= 0.3 is 0 Å². The molecule has 2 aromatic rings. The highest BCUT2D eigenvalue weighted by Crippen LogP contribution is 2.24. The lowest BCUT2D eigenvalue weighted by atomic mass is 9.92. The molecular formula is C18H23N5O. The molecule has 126 valence electrons. The van der Waals surface area contributed by atoms with Crippen LogP contribution in [0.3, 0.4) is 0 Å². The highest BCUT2D eigenvalue weighted by Gasteiger charge is 2.20. The van der Waals surface area contributed by atoms with Crippen LogP contribution in [0.2, 0.25) is 0 Å². The average Bonchev–Trinajstić information content (AvgIpc) is 2.61. The number of rotatable bonds is 5. The highest BCUT2D eigenvalue weighted by molar-refractivity contribution is 5.87. The largest absolute Gasteiger partial charge is 0.355 e. The van der Waals surface area contributed by atoms with Gasteiger partial charge in [-0.1, -0.05) is 0 Å². The van der Waals surface area contributed by atoms with Gasteiger partial charge in [0.25, 0.3) is 0 Å². The van der Waals surface area contributed by atoms with Crippen molar-refractivity contribution in [2.24, 2.45) is 5.92 Å². The van der Waals surface area contributed by atoms with Crippen LogP contribution in [-0.4, -0.2) is 33.9 Å². The first kappa shape index (κ1) is 16.4. The lowest BCUT2D eigenvalue weighted by molar-refractivity contribution is -0.114. The molecule has 0 unspecified atom stereocenters. The number of piperidine rings is 1. The van der Waals surface area contributed by atoms with Crippen molar-refractivity contribution in [3.05, 3.63) is 42.5 Å². The van der Waals surface area contributed by atoms with Gasteiger partial charge in [0.2, 0.25) is 5.91 Å². The summed E-state index contributed by atoms with van der Waals surface area (Å²) in [6, 6.07) is 3.99. The van der Waals surface area contributed by atoms with Gasteiger partial charge in [-0.25, -0.2) is 9.97 Å². The lowest BCUT2D eigenvalue weighted by Crippen LogP contribution is -2.36. The first-order valence-electron chi connectivity index (χ1n) is 8.44. The standard InChI is InChI=1S/C18H23N5O/c1-14(24)22-17-11-15(6-7-20-17)4-5-16-3-2-10-23(13-16)18-12-19-8-9-21-18/h6-9,11-12,16H,2-5,10,13H2,1H3,(H,20,22,24)/t16-/m0/s1. The molecule has 3 rings (SSSR count).